The number of aromatic nitrogens is 2. The van der Waals surface area contributed by atoms with E-state index in [1.807, 2.05) is 11.1 Å². The number of carbonyl (C=O) groups excluding carboxylic acids is 1. The van der Waals surface area contributed by atoms with Crippen LogP contribution in [0.5, 0.6) is 0 Å². The van der Waals surface area contributed by atoms with E-state index in [-0.39, 0.29) is 5.91 Å². The van der Waals surface area contributed by atoms with E-state index in [0.29, 0.717) is 19.4 Å². The van der Waals surface area contributed by atoms with Crippen LogP contribution in [0.3, 0.4) is 0 Å². The summed E-state index contributed by atoms with van der Waals surface area (Å²) in [4.78, 5) is 20.6. The Kier molecular flexibility index (Phi) is 3.81. The van der Waals surface area contributed by atoms with Crippen LogP contribution in [0.2, 0.25) is 0 Å². The zero-order chi connectivity index (χ0) is 12.1. The van der Waals surface area contributed by atoms with Crippen LogP contribution in [-0.4, -0.2) is 33.9 Å². The first-order valence-electron chi connectivity index (χ1n) is 6.06. The Morgan fingerprint density at radius 2 is 2.41 bits per heavy atom. The normalized spacial score (nSPS) is 14.9. The number of aryl methyl sites for hydroxylation is 1. The lowest BCUT2D eigenvalue weighted by Gasteiger charge is -2.09. The lowest BCUT2D eigenvalue weighted by atomic mass is 10.3. The van der Waals surface area contributed by atoms with Crippen molar-refractivity contribution in [3.8, 4) is 11.8 Å². The Morgan fingerprint density at radius 1 is 1.53 bits per heavy atom. The minimum absolute atomic E-state index is 0.231. The second kappa shape index (κ2) is 5.53. The maximum Gasteiger partial charge on any atom is 0.223 e. The summed E-state index contributed by atoms with van der Waals surface area (Å²) in [5.74, 6) is 7.34. The van der Waals surface area contributed by atoms with Gasteiger partial charge in [0.15, 0.2) is 0 Å². The van der Waals surface area contributed by atoms with Crippen LogP contribution in [0.15, 0.2) is 6.20 Å². The topological polar surface area (TPSA) is 49.0 Å². The average molecular weight is 231 g/mol. The molecule has 0 atom stereocenters. The van der Waals surface area contributed by atoms with Gasteiger partial charge in [-0.25, -0.2) is 4.98 Å². The molecule has 2 rings (SSSR count). The molecule has 0 bridgehead atoms. The van der Waals surface area contributed by atoms with Gasteiger partial charge in [0.25, 0.3) is 0 Å². The summed E-state index contributed by atoms with van der Waals surface area (Å²) in [6, 6.07) is 0. The van der Waals surface area contributed by atoms with Gasteiger partial charge in [0.1, 0.15) is 5.82 Å². The highest BCUT2D eigenvalue weighted by Crippen LogP contribution is 2.07. The van der Waals surface area contributed by atoms with Crippen LogP contribution >= 0.6 is 0 Å². The third-order valence-electron chi connectivity index (χ3n) is 2.86. The van der Waals surface area contributed by atoms with Gasteiger partial charge in [0.2, 0.25) is 5.91 Å². The van der Waals surface area contributed by atoms with E-state index in [0.717, 1.165) is 30.9 Å². The summed E-state index contributed by atoms with van der Waals surface area (Å²) in [6.07, 6.45) is 5.07. The average Bonchev–Trinajstić information content (AvgIpc) is 2.94. The van der Waals surface area contributed by atoms with E-state index >= 15 is 0 Å². The fourth-order valence-corrected chi connectivity index (χ4v) is 1.86. The molecule has 0 aliphatic carbocycles. The molecule has 17 heavy (non-hydrogen) atoms. The van der Waals surface area contributed by atoms with Gasteiger partial charge < -0.3 is 9.88 Å². The van der Waals surface area contributed by atoms with E-state index in [9.17, 15) is 4.79 Å². The number of hydrogen-bond donors (Lipinski definition) is 1. The van der Waals surface area contributed by atoms with Gasteiger partial charge in [-0.3, -0.25) is 4.79 Å². The first kappa shape index (κ1) is 11.7. The van der Waals surface area contributed by atoms with E-state index in [1.54, 1.807) is 0 Å². The molecule has 1 aromatic rings. The molecule has 1 aliphatic heterocycles. The number of H-pyrrole nitrogens is 1. The van der Waals surface area contributed by atoms with Crippen molar-refractivity contribution in [3.05, 3.63) is 17.7 Å². The van der Waals surface area contributed by atoms with Gasteiger partial charge in [0.05, 0.1) is 13.0 Å². The number of hydrogen-bond acceptors (Lipinski definition) is 2. The minimum Gasteiger partial charge on any atom is -0.345 e. The van der Waals surface area contributed by atoms with Gasteiger partial charge in [-0.05, 0) is 6.42 Å². The summed E-state index contributed by atoms with van der Waals surface area (Å²) < 4.78 is 0. The summed E-state index contributed by atoms with van der Waals surface area (Å²) >= 11 is 0. The smallest absolute Gasteiger partial charge is 0.223 e. The number of rotatable bonds is 3. The second-order valence-electron chi connectivity index (χ2n) is 4.16. The highest BCUT2D eigenvalue weighted by atomic mass is 16.2. The molecule has 4 nitrogen and oxygen atoms in total. The summed E-state index contributed by atoms with van der Waals surface area (Å²) in [5, 5.41) is 0. The molecule has 0 spiro atoms. The SMILES string of the molecule is CCc1ncc(CC#CCN2CCCC2=O)[nH]1. The van der Waals surface area contributed by atoms with Gasteiger partial charge in [-0.15, -0.1) is 0 Å². The Bertz CT molecular complexity index is 453. The van der Waals surface area contributed by atoms with Crippen molar-refractivity contribution in [1.82, 2.24) is 14.9 Å². The predicted octanol–water partition coefficient (Wildman–Crippen LogP) is 1.14. The van der Waals surface area contributed by atoms with Gasteiger partial charge in [-0.1, -0.05) is 18.8 Å². The summed E-state index contributed by atoms with van der Waals surface area (Å²) in [5.41, 5.74) is 1.04. The minimum atomic E-state index is 0.231. The maximum absolute atomic E-state index is 11.3. The number of imidazole rings is 1. The first-order chi connectivity index (χ1) is 8.29. The standard InChI is InChI=1S/C13H17N3O/c1-2-12-14-10-11(15-12)6-3-4-8-16-9-5-7-13(16)17/h10H,2,5-9H2,1H3,(H,14,15). The van der Waals surface area contributed by atoms with Crippen LogP contribution in [0, 0.1) is 11.8 Å². The number of nitrogens with zero attached hydrogens (tertiary/aromatic N) is 2. The quantitative estimate of drug-likeness (QED) is 0.793. The zero-order valence-corrected chi connectivity index (χ0v) is 10.1. The van der Waals surface area contributed by atoms with Crippen molar-refractivity contribution in [1.29, 1.82) is 0 Å². The van der Waals surface area contributed by atoms with E-state index in [4.69, 9.17) is 0 Å². The molecule has 0 unspecified atom stereocenters. The highest BCUT2D eigenvalue weighted by Gasteiger charge is 2.18. The summed E-state index contributed by atoms with van der Waals surface area (Å²) in [6.45, 7) is 3.48. The number of amides is 1. The Balaban J connectivity index is 1.80. The Morgan fingerprint density at radius 3 is 3.06 bits per heavy atom. The number of carbonyl (C=O) groups is 1. The Hall–Kier alpha value is -1.76. The van der Waals surface area contributed by atoms with Crippen molar-refractivity contribution in [3.63, 3.8) is 0 Å². The molecule has 1 saturated heterocycles. The molecule has 4 heteroatoms. The lowest BCUT2D eigenvalue weighted by Crippen LogP contribution is -2.24. The van der Waals surface area contributed by atoms with Crippen LogP contribution in [-0.2, 0) is 17.6 Å². The van der Waals surface area contributed by atoms with E-state index in [2.05, 4.69) is 28.7 Å². The molecule has 0 saturated carbocycles. The molecule has 90 valence electrons. The van der Waals surface area contributed by atoms with Crippen LogP contribution in [0.1, 0.15) is 31.3 Å². The van der Waals surface area contributed by atoms with Crippen molar-refractivity contribution < 1.29 is 4.79 Å². The van der Waals surface area contributed by atoms with Crippen molar-refractivity contribution in [2.75, 3.05) is 13.1 Å². The van der Waals surface area contributed by atoms with Gasteiger partial charge in [0, 0.05) is 31.3 Å². The second-order valence-corrected chi connectivity index (χ2v) is 4.16. The monoisotopic (exact) mass is 231 g/mol. The molecule has 0 aromatic carbocycles. The maximum atomic E-state index is 11.3. The molecule has 0 radical (unpaired) electrons. The van der Waals surface area contributed by atoms with Crippen LogP contribution in [0.4, 0.5) is 0 Å². The van der Waals surface area contributed by atoms with Gasteiger partial charge in [-0.2, -0.15) is 0 Å². The van der Waals surface area contributed by atoms with Crippen LogP contribution in [0.25, 0.3) is 0 Å². The molecule has 1 aliphatic rings. The molecule has 2 heterocycles. The largest absolute Gasteiger partial charge is 0.345 e. The predicted molar refractivity (Wildman–Crippen MR) is 65.3 cm³/mol. The van der Waals surface area contributed by atoms with E-state index < -0.39 is 0 Å². The first-order valence-corrected chi connectivity index (χ1v) is 6.06. The van der Waals surface area contributed by atoms with Crippen molar-refractivity contribution >= 4 is 5.91 Å². The molecule has 1 aromatic heterocycles. The molecule has 1 amide bonds. The molecular weight excluding hydrogens is 214 g/mol. The number of likely N-dealkylation sites (tertiary alicyclic amines) is 1. The lowest BCUT2D eigenvalue weighted by molar-refractivity contribution is -0.127. The van der Waals surface area contributed by atoms with Gasteiger partial charge >= 0.3 is 0 Å². The van der Waals surface area contributed by atoms with Crippen molar-refractivity contribution in [2.24, 2.45) is 0 Å². The third-order valence-corrected chi connectivity index (χ3v) is 2.86. The fraction of sp³-hybridized carbons (Fsp3) is 0.538. The Labute approximate surface area is 101 Å². The van der Waals surface area contributed by atoms with Crippen LogP contribution < -0.4 is 0 Å². The fourth-order valence-electron chi connectivity index (χ4n) is 1.86. The highest BCUT2D eigenvalue weighted by molar-refractivity contribution is 5.78. The van der Waals surface area contributed by atoms with E-state index in [1.165, 1.54) is 0 Å². The molecule has 1 fully saturated rings. The number of aromatic amines is 1. The number of nitrogens with one attached hydrogen (secondary N) is 1. The molecule has 1 N–H and O–H groups in total. The summed E-state index contributed by atoms with van der Waals surface area (Å²) in [7, 11) is 0. The molecular formula is C13H17N3O. The zero-order valence-electron chi connectivity index (χ0n) is 10.1. The van der Waals surface area contributed by atoms with Crippen molar-refractivity contribution in [2.45, 2.75) is 32.6 Å². The third kappa shape index (κ3) is 3.10.